The van der Waals surface area contributed by atoms with E-state index in [1.807, 2.05) is 30.3 Å². The van der Waals surface area contributed by atoms with Gasteiger partial charge in [-0.3, -0.25) is 9.69 Å². The van der Waals surface area contributed by atoms with Crippen LogP contribution in [0.5, 0.6) is 5.75 Å². The van der Waals surface area contributed by atoms with Crippen molar-refractivity contribution in [2.24, 2.45) is 5.92 Å². The third-order valence-electron chi connectivity index (χ3n) is 3.23. The summed E-state index contributed by atoms with van der Waals surface area (Å²) in [6.07, 6.45) is 0.887. The molecule has 0 bridgehead atoms. The maximum Gasteiger partial charge on any atom is 0.310 e. The summed E-state index contributed by atoms with van der Waals surface area (Å²) in [6.45, 7) is 3.23. The number of rotatable bonds is 5. The predicted molar refractivity (Wildman–Crippen MR) is 68.5 cm³/mol. The van der Waals surface area contributed by atoms with E-state index < -0.39 is 0 Å². The highest BCUT2D eigenvalue weighted by molar-refractivity contribution is 5.72. The monoisotopic (exact) mass is 249 g/mol. The topological polar surface area (TPSA) is 38.8 Å². The van der Waals surface area contributed by atoms with Crippen LogP contribution in [0.3, 0.4) is 0 Å². The van der Waals surface area contributed by atoms with Crippen molar-refractivity contribution >= 4 is 5.97 Å². The van der Waals surface area contributed by atoms with Crippen molar-refractivity contribution in [3.05, 3.63) is 30.3 Å². The lowest BCUT2D eigenvalue weighted by Crippen LogP contribution is -2.28. The first-order valence-corrected chi connectivity index (χ1v) is 6.27. The molecular formula is C14H19NO3. The van der Waals surface area contributed by atoms with Crippen molar-refractivity contribution in [2.45, 2.75) is 6.42 Å². The number of ether oxygens (including phenoxy) is 2. The largest absolute Gasteiger partial charge is 0.492 e. The van der Waals surface area contributed by atoms with Crippen molar-refractivity contribution in [3.8, 4) is 5.75 Å². The molecular weight excluding hydrogens is 230 g/mol. The van der Waals surface area contributed by atoms with Crippen LogP contribution in [-0.2, 0) is 9.53 Å². The number of methoxy groups -OCH3 is 1. The van der Waals surface area contributed by atoms with Crippen molar-refractivity contribution in [1.29, 1.82) is 0 Å². The summed E-state index contributed by atoms with van der Waals surface area (Å²) < 4.78 is 10.4. The lowest BCUT2D eigenvalue weighted by Gasteiger charge is -2.15. The molecule has 98 valence electrons. The summed E-state index contributed by atoms with van der Waals surface area (Å²) in [5, 5.41) is 0. The summed E-state index contributed by atoms with van der Waals surface area (Å²) in [5.74, 6) is 0.828. The molecule has 18 heavy (non-hydrogen) atoms. The number of esters is 1. The van der Waals surface area contributed by atoms with Crippen LogP contribution in [0.15, 0.2) is 30.3 Å². The first kappa shape index (κ1) is 12.9. The number of carbonyl (C=O) groups excluding carboxylic acids is 1. The van der Waals surface area contributed by atoms with Crippen LogP contribution in [0.25, 0.3) is 0 Å². The molecule has 2 rings (SSSR count). The van der Waals surface area contributed by atoms with Gasteiger partial charge in [0.2, 0.25) is 0 Å². The zero-order valence-electron chi connectivity index (χ0n) is 10.7. The Balaban J connectivity index is 1.68. The maximum absolute atomic E-state index is 11.4. The molecule has 0 aromatic heterocycles. The van der Waals surface area contributed by atoms with Crippen LogP contribution < -0.4 is 4.74 Å². The average Bonchev–Trinajstić information content (AvgIpc) is 2.88. The molecule has 1 aliphatic heterocycles. The van der Waals surface area contributed by atoms with E-state index in [1.54, 1.807) is 0 Å². The minimum absolute atomic E-state index is 0.0340. The molecule has 0 aliphatic carbocycles. The number of hydrogen-bond donors (Lipinski definition) is 0. The second kappa shape index (κ2) is 6.40. The maximum atomic E-state index is 11.4. The number of para-hydroxylation sites is 1. The summed E-state index contributed by atoms with van der Waals surface area (Å²) in [4.78, 5) is 13.6. The van der Waals surface area contributed by atoms with E-state index in [-0.39, 0.29) is 11.9 Å². The van der Waals surface area contributed by atoms with Crippen molar-refractivity contribution in [2.75, 3.05) is 33.4 Å². The number of carbonyl (C=O) groups is 1. The van der Waals surface area contributed by atoms with Gasteiger partial charge in [-0.25, -0.2) is 0 Å². The fraction of sp³-hybridized carbons (Fsp3) is 0.500. The highest BCUT2D eigenvalue weighted by Gasteiger charge is 2.28. The van der Waals surface area contributed by atoms with Crippen molar-refractivity contribution in [3.63, 3.8) is 0 Å². The molecule has 0 radical (unpaired) electrons. The van der Waals surface area contributed by atoms with Crippen LogP contribution in [0.1, 0.15) is 6.42 Å². The van der Waals surface area contributed by atoms with E-state index in [2.05, 4.69) is 4.90 Å². The van der Waals surface area contributed by atoms with E-state index in [0.29, 0.717) is 6.61 Å². The van der Waals surface area contributed by atoms with Gasteiger partial charge in [0, 0.05) is 13.1 Å². The fourth-order valence-corrected chi connectivity index (χ4v) is 2.20. The van der Waals surface area contributed by atoms with Crippen molar-refractivity contribution < 1.29 is 14.3 Å². The molecule has 1 fully saturated rings. The molecule has 0 amide bonds. The Hall–Kier alpha value is -1.55. The normalized spacial score (nSPS) is 19.7. The summed E-state index contributed by atoms with van der Waals surface area (Å²) in [5.41, 5.74) is 0. The molecule has 1 unspecified atom stereocenters. The van der Waals surface area contributed by atoms with Gasteiger partial charge in [-0.1, -0.05) is 18.2 Å². The van der Waals surface area contributed by atoms with Gasteiger partial charge in [-0.2, -0.15) is 0 Å². The quantitative estimate of drug-likeness (QED) is 0.742. The second-order valence-corrected chi connectivity index (χ2v) is 4.47. The third-order valence-corrected chi connectivity index (χ3v) is 3.23. The van der Waals surface area contributed by atoms with Gasteiger partial charge in [0.05, 0.1) is 13.0 Å². The third kappa shape index (κ3) is 3.47. The van der Waals surface area contributed by atoms with Gasteiger partial charge < -0.3 is 9.47 Å². The summed E-state index contributed by atoms with van der Waals surface area (Å²) >= 11 is 0. The molecule has 1 saturated heterocycles. The summed E-state index contributed by atoms with van der Waals surface area (Å²) in [7, 11) is 1.45. The van der Waals surface area contributed by atoms with Crippen LogP contribution >= 0.6 is 0 Å². The zero-order valence-corrected chi connectivity index (χ0v) is 10.7. The number of likely N-dealkylation sites (tertiary alicyclic amines) is 1. The van der Waals surface area contributed by atoms with Gasteiger partial charge in [0.1, 0.15) is 12.4 Å². The Morgan fingerprint density at radius 1 is 1.39 bits per heavy atom. The molecule has 1 atom stereocenters. The number of benzene rings is 1. The lowest BCUT2D eigenvalue weighted by molar-refractivity contribution is -0.144. The van der Waals surface area contributed by atoms with Gasteiger partial charge in [-0.05, 0) is 25.1 Å². The summed E-state index contributed by atoms with van der Waals surface area (Å²) in [6, 6.07) is 9.77. The van der Waals surface area contributed by atoms with Gasteiger partial charge in [0.25, 0.3) is 0 Å². The standard InChI is InChI=1S/C14H19NO3/c1-17-14(16)12-7-8-15(11-12)9-10-18-13-5-3-2-4-6-13/h2-6,12H,7-11H2,1H3. The Morgan fingerprint density at radius 2 is 2.17 bits per heavy atom. The Kier molecular flexibility index (Phi) is 4.59. The molecule has 1 heterocycles. The molecule has 0 spiro atoms. The van der Waals surface area contributed by atoms with Crippen LogP contribution in [0.2, 0.25) is 0 Å². The SMILES string of the molecule is COC(=O)C1CCN(CCOc2ccccc2)C1. The lowest BCUT2D eigenvalue weighted by atomic mass is 10.1. The zero-order chi connectivity index (χ0) is 12.8. The molecule has 1 aromatic carbocycles. The average molecular weight is 249 g/mol. The van der Waals surface area contributed by atoms with Crippen LogP contribution in [0.4, 0.5) is 0 Å². The molecule has 4 nitrogen and oxygen atoms in total. The highest BCUT2D eigenvalue weighted by Crippen LogP contribution is 2.17. The smallest absolute Gasteiger partial charge is 0.310 e. The molecule has 1 aliphatic rings. The highest BCUT2D eigenvalue weighted by atomic mass is 16.5. The van der Waals surface area contributed by atoms with Gasteiger partial charge in [-0.15, -0.1) is 0 Å². The van der Waals surface area contributed by atoms with Crippen LogP contribution in [0, 0.1) is 5.92 Å². The predicted octanol–water partition coefficient (Wildman–Crippen LogP) is 1.56. The Labute approximate surface area is 107 Å². The molecule has 1 aromatic rings. The van der Waals surface area contributed by atoms with Gasteiger partial charge in [0.15, 0.2) is 0 Å². The van der Waals surface area contributed by atoms with E-state index in [0.717, 1.165) is 31.8 Å². The second-order valence-electron chi connectivity index (χ2n) is 4.47. The van der Waals surface area contributed by atoms with Crippen molar-refractivity contribution in [1.82, 2.24) is 4.90 Å². The first-order valence-electron chi connectivity index (χ1n) is 6.27. The number of hydrogen-bond acceptors (Lipinski definition) is 4. The fourth-order valence-electron chi connectivity index (χ4n) is 2.20. The number of nitrogens with zero attached hydrogens (tertiary/aromatic N) is 1. The molecule has 0 saturated carbocycles. The van der Waals surface area contributed by atoms with Gasteiger partial charge >= 0.3 is 5.97 Å². The first-order chi connectivity index (χ1) is 8.79. The van der Waals surface area contributed by atoms with Crippen LogP contribution in [-0.4, -0.2) is 44.2 Å². The van der Waals surface area contributed by atoms with E-state index >= 15 is 0 Å². The van der Waals surface area contributed by atoms with E-state index in [9.17, 15) is 4.79 Å². The molecule has 0 N–H and O–H groups in total. The minimum Gasteiger partial charge on any atom is -0.492 e. The molecule has 4 heteroatoms. The van der Waals surface area contributed by atoms with E-state index in [1.165, 1.54) is 7.11 Å². The Morgan fingerprint density at radius 3 is 2.89 bits per heavy atom. The van der Waals surface area contributed by atoms with E-state index in [4.69, 9.17) is 9.47 Å². The minimum atomic E-state index is -0.0959. The Bertz CT molecular complexity index is 380.